The molecule has 4 heteroatoms. The predicted molar refractivity (Wildman–Crippen MR) is 120 cm³/mol. The Morgan fingerprint density at radius 2 is 1.50 bits per heavy atom. The number of halogens is 1. The van der Waals surface area contributed by atoms with Gasteiger partial charge >= 0.3 is 5.97 Å². The molecular formula is C26H35FO3. The molecule has 0 atom stereocenters. The highest BCUT2D eigenvalue weighted by atomic mass is 19.1. The van der Waals surface area contributed by atoms with Crippen molar-refractivity contribution in [3.8, 4) is 11.5 Å². The highest BCUT2D eigenvalue weighted by molar-refractivity contribution is 5.91. The van der Waals surface area contributed by atoms with Gasteiger partial charge < -0.3 is 9.47 Å². The third-order valence-corrected chi connectivity index (χ3v) is 5.13. The minimum atomic E-state index is -0.517. The van der Waals surface area contributed by atoms with Crippen molar-refractivity contribution in [2.24, 2.45) is 0 Å². The fourth-order valence-corrected chi connectivity index (χ4v) is 3.28. The van der Waals surface area contributed by atoms with Crippen LogP contribution in [0.3, 0.4) is 0 Å². The molecule has 0 spiro atoms. The first-order chi connectivity index (χ1) is 14.6. The van der Waals surface area contributed by atoms with Crippen molar-refractivity contribution in [2.75, 3.05) is 6.61 Å². The summed E-state index contributed by atoms with van der Waals surface area (Å²) in [6.07, 6.45) is 11.5. The summed E-state index contributed by atoms with van der Waals surface area (Å²) in [7, 11) is 0. The van der Waals surface area contributed by atoms with Crippen LogP contribution in [0.5, 0.6) is 11.5 Å². The van der Waals surface area contributed by atoms with E-state index in [2.05, 4.69) is 13.8 Å². The lowest BCUT2D eigenvalue weighted by Gasteiger charge is -2.09. The third kappa shape index (κ3) is 8.56. The van der Waals surface area contributed by atoms with Gasteiger partial charge in [-0.2, -0.15) is 0 Å². The van der Waals surface area contributed by atoms with Gasteiger partial charge in [0.25, 0.3) is 0 Å². The first-order valence-electron chi connectivity index (χ1n) is 11.4. The van der Waals surface area contributed by atoms with E-state index in [0.29, 0.717) is 12.2 Å². The maximum atomic E-state index is 14.2. The molecule has 0 saturated heterocycles. The van der Waals surface area contributed by atoms with Crippen molar-refractivity contribution in [3.05, 3.63) is 59.4 Å². The number of ether oxygens (including phenoxy) is 2. The molecular weight excluding hydrogens is 379 g/mol. The molecule has 2 aromatic carbocycles. The van der Waals surface area contributed by atoms with Crippen LogP contribution in [0.2, 0.25) is 0 Å². The summed E-state index contributed by atoms with van der Waals surface area (Å²) in [5.41, 5.74) is 1.67. The molecule has 164 valence electrons. The lowest BCUT2D eigenvalue weighted by atomic mass is 10.0. The number of benzene rings is 2. The Kier molecular flexibility index (Phi) is 11.0. The van der Waals surface area contributed by atoms with Gasteiger partial charge in [0.1, 0.15) is 5.75 Å². The van der Waals surface area contributed by atoms with E-state index in [0.717, 1.165) is 25.7 Å². The highest BCUT2D eigenvalue weighted by Crippen LogP contribution is 2.24. The fourth-order valence-electron chi connectivity index (χ4n) is 3.28. The molecule has 0 aliphatic rings. The Morgan fingerprint density at radius 3 is 2.17 bits per heavy atom. The molecule has 3 nitrogen and oxygen atoms in total. The van der Waals surface area contributed by atoms with Crippen LogP contribution in [0, 0.1) is 5.82 Å². The maximum Gasteiger partial charge on any atom is 0.343 e. The maximum absolute atomic E-state index is 14.2. The number of aryl methyl sites for hydroxylation is 1. The van der Waals surface area contributed by atoms with Crippen molar-refractivity contribution in [2.45, 2.75) is 78.1 Å². The normalized spacial score (nSPS) is 10.8. The summed E-state index contributed by atoms with van der Waals surface area (Å²) >= 11 is 0. The molecule has 0 aliphatic heterocycles. The second-order valence-corrected chi connectivity index (χ2v) is 7.75. The van der Waals surface area contributed by atoms with Gasteiger partial charge in [0, 0.05) is 6.07 Å². The summed E-state index contributed by atoms with van der Waals surface area (Å²) in [6.45, 7) is 4.86. The van der Waals surface area contributed by atoms with E-state index in [1.807, 2.05) is 12.1 Å². The number of rotatable bonds is 14. The van der Waals surface area contributed by atoms with Gasteiger partial charge in [0.2, 0.25) is 0 Å². The van der Waals surface area contributed by atoms with E-state index < -0.39 is 11.8 Å². The van der Waals surface area contributed by atoms with Gasteiger partial charge in [-0.05, 0) is 49.1 Å². The number of carbonyl (C=O) groups is 1. The van der Waals surface area contributed by atoms with Crippen LogP contribution in [0.15, 0.2) is 42.5 Å². The van der Waals surface area contributed by atoms with Crippen molar-refractivity contribution < 1.29 is 18.7 Å². The lowest BCUT2D eigenvalue weighted by Crippen LogP contribution is -2.09. The van der Waals surface area contributed by atoms with Crippen LogP contribution in [0.25, 0.3) is 0 Å². The molecule has 0 aromatic heterocycles. The minimum Gasteiger partial charge on any atom is -0.491 e. The minimum absolute atomic E-state index is 0.177. The second kappa shape index (κ2) is 13.8. The summed E-state index contributed by atoms with van der Waals surface area (Å²) in [6, 6.07) is 11.7. The van der Waals surface area contributed by atoms with Crippen LogP contribution in [-0.4, -0.2) is 12.6 Å². The van der Waals surface area contributed by atoms with Gasteiger partial charge in [0.15, 0.2) is 11.6 Å². The Labute approximate surface area is 180 Å². The molecule has 0 heterocycles. The summed E-state index contributed by atoms with van der Waals surface area (Å²) in [5.74, 6) is -0.637. The molecule has 0 amide bonds. The molecule has 0 N–H and O–H groups in total. The zero-order valence-corrected chi connectivity index (χ0v) is 18.4. The van der Waals surface area contributed by atoms with Crippen molar-refractivity contribution in [1.82, 2.24) is 0 Å². The average Bonchev–Trinajstić information content (AvgIpc) is 2.75. The van der Waals surface area contributed by atoms with Gasteiger partial charge in [-0.3, -0.25) is 0 Å². The van der Waals surface area contributed by atoms with E-state index in [4.69, 9.17) is 9.47 Å². The first kappa shape index (κ1) is 23.9. The zero-order chi connectivity index (χ0) is 21.6. The number of carbonyl (C=O) groups excluding carboxylic acids is 1. The third-order valence-electron chi connectivity index (χ3n) is 5.13. The SMILES string of the molecule is CCCCCCCOc1ccc(OC(=O)c2ccc(CCCCCC)cc2)cc1F. The second-order valence-electron chi connectivity index (χ2n) is 7.75. The highest BCUT2D eigenvalue weighted by Gasteiger charge is 2.11. The van der Waals surface area contributed by atoms with Crippen LogP contribution in [-0.2, 0) is 6.42 Å². The molecule has 2 aromatic rings. The Hall–Kier alpha value is -2.36. The quantitative estimate of drug-likeness (QED) is 0.182. The molecule has 0 aliphatic carbocycles. The van der Waals surface area contributed by atoms with Crippen LogP contribution in [0.4, 0.5) is 4.39 Å². The molecule has 0 unspecified atom stereocenters. The van der Waals surface area contributed by atoms with Crippen LogP contribution < -0.4 is 9.47 Å². The summed E-state index contributed by atoms with van der Waals surface area (Å²) in [5, 5.41) is 0. The predicted octanol–water partition coefficient (Wildman–Crippen LogP) is 7.52. The van der Waals surface area contributed by atoms with Crippen LogP contribution >= 0.6 is 0 Å². The van der Waals surface area contributed by atoms with E-state index in [-0.39, 0.29) is 11.5 Å². The van der Waals surface area contributed by atoms with Gasteiger partial charge in [-0.25, -0.2) is 9.18 Å². The fraction of sp³-hybridized carbons (Fsp3) is 0.500. The molecule has 0 bridgehead atoms. The smallest absolute Gasteiger partial charge is 0.343 e. The molecule has 0 saturated carbocycles. The Balaban J connectivity index is 1.81. The lowest BCUT2D eigenvalue weighted by molar-refractivity contribution is 0.0734. The number of hydrogen-bond acceptors (Lipinski definition) is 3. The van der Waals surface area contributed by atoms with Gasteiger partial charge in [0.05, 0.1) is 12.2 Å². The van der Waals surface area contributed by atoms with Gasteiger partial charge in [-0.1, -0.05) is 70.9 Å². The topological polar surface area (TPSA) is 35.5 Å². The van der Waals surface area contributed by atoms with E-state index in [1.54, 1.807) is 18.2 Å². The summed E-state index contributed by atoms with van der Waals surface area (Å²) < 4.78 is 25.1. The number of hydrogen-bond donors (Lipinski definition) is 0. The number of unbranched alkanes of at least 4 members (excludes halogenated alkanes) is 7. The van der Waals surface area contributed by atoms with Crippen molar-refractivity contribution in [1.29, 1.82) is 0 Å². The molecule has 0 radical (unpaired) electrons. The summed E-state index contributed by atoms with van der Waals surface area (Å²) in [4.78, 5) is 12.3. The first-order valence-corrected chi connectivity index (χ1v) is 11.4. The van der Waals surface area contributed by atoms with E-state index >= 15 is 0 Å². The van der Waals surface area contributed by atoms with Crippen molar-refractivity contribution in [3.63, 3.8) is 0 Å². The van der Waals surface area contributed by atoms with E-state index in [9.17, 15) is 9.18 Å². The standard InChI is InChI=1S/C26H35FO3/c1-3-5-7-9-11-19-29-25-18-17-23(20-24(25)27)30-26(28)22-15-13-21(14-16-22)12-10-8-6-4-2/h13-18,20H,3-12,19H2,1-2H3. The average molecular weight is 415 g/mol. The van der Waals surface area contributed by atoms with Crippen LogP contribution in [0.1, 0.15) is 87.6 Å². The largest absolute Gasteiger partial charge is 0.491 e. The molecule has 0 fully saturated rings. The number of esters is 1. The monoisotopic (exact) mass is 414 g/mol. The molecule has 2 rings (SSSR count). The van der Waals surface area contributed by atoms with E-state index in [1.165, 1.54) is 56.2 Å². The van der Waals surface area contributed by atoms with Gasteiger partial charge in [-0.15, -0.1) is 0 Å². The molecule has 30 heavy (non-hydrogen) atoms. The van der Waals surface area contributed by atoms with Crippen molar-refractivity contribution >= 4 is 5.97 Å². The zero-order valence-electron chi connectivity index (χ0n) is 18.4. The Morgan fingerprint density at radius 1 is 0.833 bits per heavy atom. The Bertz CT molecular complexity index is 755.